The SMILES string of the molecule is CCOC(=O)c1nc(NCc2cccc(F)c2)sc1C. The number of thiazole rings is 1. The highest BCUT2D eigenvalue weighted by molar-refractivity contribution is 7.15. The molecule has 0 aliphatic carbocycles. The number of ether oxygens (including phenoxy) is 1. The highest BCUT2D eigenvalue weighted by Crippen LogP contribution is 2.23. The van der Waals surface area contributed by atoms with Crippen LogP contribution in [0.5, 0.6) is 0 Å². The Kier molecular flexibility index (Phi) is 4.68. The van der Waals surface area contributed by atoms with Crippen molar-refractivity contribution in [1.29, 1.82) is 0 Å². The summed E-state index contributed by atoms with van der Waals surface area (Å²) in [6, 6.07) is 6.34. The molecule has 0 saturated heterocycles. The van der Waals surface area contributed by atoms with Crippen molar-refractivity contribution in [3.8, 4) is 0 Å². The number of aromatic nitrogens is 1. The third kappa shape index (κ3) is 3.54. The first-order valence-corrected chi connectivity index (χ1v) is 7.04. The van der Waals surface area contributed by atoms with Crippen LogP contribution in [0, 0.1) is 12.7 Å². The summed E-state index contributed by atoms with van der Waals surface area (Å²) in [6.45, 7) is 4.34. The van der Waals surface area contributed by atoms with Crippen LogP contribution in [0.15, 0.2) is 24.3 Å². The van der Waals surface area contributed by atoms with Gasteiger partial charge in [0.1, 0.15) is 5.82 Å². The molecule has 0 aliphatic rings. The molecule has 0 unspecified atom stereocenters. The van der Waals surface area contributed by atoms with Gasteiger partial charge in [-0.2, -0.15) is 0 Å². The number of rotatable bonds is 5. The Labute approximate surface area is 120 Å². The maximum atomic E-state index is 13.0. The number of carbonyl (C=O) groups excluding carboxylic acids is 1. The van der Waals surface area contributed by atoms with Crippen LogP contribution in [0.1, 0.15) is 27.9 Å². The lowest BCUT2D eigenvalue weighted by Gasteiger charge is -2.02. The zero-order valence-electron chi connectivity index (χ0n) is 11.3. The van der Waals surface area contributed by atoms with Crippen molar-refractivity contribution >= 4 is 22.4 Å². The minimum Gasteiger partial charge on any atom is -0.461 e. The second-order valence-corrected chi connectivity index (χ2v) is 5.33. The molecule has 1 heterocycles. The predicted molar refractivity (Wildman–Crippen MR) is 76.5 cm³/mol. The van der Waals surface area contributed by atoms with Crippen molar-refractivity contribution in [2.75, 3.05) is 11.9 Å². The molecular formula is C14H15FN2O2S. The standard InChI is InChI=1S/C14H15FN2O2S/c1-3-19-13(18)12-9(2)20-14(17-12)16-8-10-5-4-6-11(15)7-10/h4-7H,3,8H2,1-2H3,(H,16,17). The quantitative estimate of drug-likeness (QED) is 0.859. The lowest BCUT2D eigenvalue weighted by Crippen LogP contribution is -2.07. The van der Waals surface area contributed by atoms with Crippen LogP contribution in [0.2, 0.25) is 0 Å². The Balaban J connectivity index is 2.04. The van der Waals surface area contributed by atoms with E-state index >= 15 is 0 Å². The summed E-state index contributed by atoms with van der Waals surface area (Å²) in [7, 11) is 0. The van der Waals surface area contributed by atoms with Gasteiger partial charge in [0.2, 0.25) is 0 Å². The molecule has 0 amide bonds. The highest BCUT2D eigenvalue weighted by Gasteiger charge is 2.16. The number of aryl methyl sites for hydroxylation is 1. The maximum absolute atomic E-state index is 13.0. The molecule has 1 aromatic heterocycles. The number of esters is 1. The van der Waals surface area contributed by atoms with Crippen LogP contribution in [0.3, 0.4) is 0 Å². The molecule has 0 spiro atoms. The van der Waals surface area contributed by atoms with Crippen LogP contribution in [-0.2, 0) is 11.3 Å². The zero-order valence-corrected chi connectivity index (χ0v) is 12.1. The number of nitrogens with one attached hydrogen (secondary N) is 1. The van der Waals surface area contributed by atoms with Gasteiger partial charge in [0.05, 0.1) is 6.61 Å². The van der Waals surface area contributed by atoms with Gasteiger partial charge in [-0.3, -0.25) is 0 Å². The van der Waals surface area contributed by atoms with Crippen molar-refractivity contribution < 1.29 is 13.9 Å². The number of halogens is 1. The molecule has 1 aromatic carbocycles. The van der Waals surface area contributed by atoms with Gasteiger partial charge in [-0.1, -0.05) is 12.1 Å². The van der Waals surface area contributed by atoms with Crippen molar-refractivity contribution in [2.45, 2.75) is 20.4 Å². The molecule has 20 heavy (non-hydrogen) atoms. The van der Waals surface area contributed by atoms with Gasteiger partial charge >= 0.3 is 5.97 Å². The Bertz CT molecular complexity index is 613. The van der Waals surface area contributed by atoms with Crippen molar-refractivity contribution in [3.05, 3.63) is 46.2 Å². The van der Waals surface area contributed by atoms with Gasteiger partial charge in [-0.25, -0.2) is 14.2 Å². The summed E-state index contributed by atoms with van der Waals surface area (Å²) in [5.41, 5.74) is 1.15. The van der Waals surface area contributed by atoms with Gasteiger partial charge in [-0.15, -0.1) is 11.3 Å². The second-order valence-electron chi connectivity index (χ2n) is 4.13. The molecule has 0 aliphatic heterocycles. The molecule has 2 aromatic rings. The van der Waals surface area contributed by atoms with E-state index in [1.807, 2.05) is 13.0 Å². The number of anilines is 1. The van der Waals surface area contributed by atoms with E-state index in [-0.39, 0.29) is 5.82 Å². The molecule has 0 radical (unpaired) electrons. The van der Waals surface area contributed by atoms with Crippen molar-refractivity contribution in [2.24, 2.45) is 0 Å². The van der Waals surface area contributed by atoms with Gasteiger partial charge in [0.25, 0.3) is 0 Å². The van der Waals surface area contributed by atoms with Crippen LogP contribution >= 0.6 is 11.3 Å². The summed E-state index contributed by atoms with van der Waals surface area (Å²) in [6.07, 6.45) is 0. The highest BCUT2D eigenvalue weighted by atomic mass is 32.1. The number of benzene rings is 1. The third-order valence-electron chi connectivity index (χ3n) is 2.60. The second kappa shape index (κ2) is 6.47. The fourth-order valence-electron chi connectivity index (χ4n) is 1.69. The number of hydrogen-bond acceptors (Lipinski definition) is 5. The minimum atomic E-state index is -0.417. The summed E-state index contributed by atoms with van der Waals surface area (Å²) in [5.74, 6) is -0.688. The molecule has 0 atom stereocenters. The van der Waals surface area contributed by atoms with E-state index in [1.54, 1.807) is 13.0 Å². The first-order chi connectivity index (χ1) is 9.60. The van der Waals surface area contributed by atoms with Crippen LogP contribution in [0.4, 0.5) is 9.52 Å². The molecule has 106 valence electrons. The Morgan fingerprint density at radius 3 is 3.00 bits per heavy atom. The maximum Gasteiger partial charge on any atom is 0.358 e. The monoisotopic (exact) mass is 294 g/mol. The fraction of sp³-hybridized carbons (Fsp3) is 0.286. The Morgan fingerprint density at radius 2 is 2.30 bits per heavy atom. The Hall–Kier alpha value is -1.95. The number of nitrogens with zero attached hydrogens (tertiary/aromatic N) is 1. The minimum absolute atomic E-state index is 0.271. The van der Waals surface area contributed by atoms with E-state index in [0.717, 1.165) is 10.4 Å². The molecule has 2 rings (SSSR count). The molecular weight excluding hydrogens is 279 g/mol. The number of hydrogen-bond donors (Lipinski definition) is 1. The normalized spacial score (nSPS) is 10.3. The van der Waals surface area contributed by atoms with E-state index in [2.05, 4.69) is 10.3 Å². The van der Waals surface area contributed by atoms with Gasteiger partial charge in [-0.05, 0) is 31.5 Å². The van der Waals surface area contributed by atoms with Crippen LogP contribution in [-0.4, -0.2) is 17.6 Å². The van der Waals surface area contributed by atoms with E-state index < -0.39 is 5.97 Å². The van der Waals surface area contributed by atoms with E-state index in [0.29, 0.717) is 24.0 Å². The lowest BCUT2D eigenvalue weighted by atomic mass is 10.2. The molecule has 4 nitrogen and oxygen atoms in total. The van der Waals surface area contributed by atoms with Gasteiger partial charge < -0.3 is 10.1 Å². The summed E-state index contributed by atoms with van der Waals surface area (Å²) >= 11 is 1.38. The summed E-state index contributed by atoms with van der Waals surface area (Å²) in [5, 5.41) is 3.70. The summed E-state index contributed by atoms with van der Waals surface area (Å²) < 4.78 is 18.0. The van der Waals surface area contributed by atoms with E-state index in [1.165, 1.54) is 23.5 Å². The van der Waals surface area contributed by atoms with Crippen LogP contribution in [0.25, 0.3) is 0 Å². The van der Waals surface area contributed by atoms with Crippen molar-refractivity contribution in [1.82, 2.24) is 4.98 Å². The van der Waals surface area contributed by atoms with Crippen LogP contribution < -0.4 is 5.32 Å². The molecule has 0 bridgehead atoms. The predicted octanol–water partition coefficient (Wildman–Crippen LogP) is 3.38. The molecule has 6 heteroatoms. The third-order valence-corrected chi connectivity index (χ3v) is 3.53. The average molecular weight is 294 g/mol. The molecule has 1 N–H and O–H groups in total. The number of carbonyl (C=O) groups is 1. The Morgan fingerprint density at radius 1 is 1.50 bits per heavy atom. The first-order valence-electron chi connectivity index (χ1n) is 6.23. The average Bonchev–Trinajstić information content (AvgIpc) is 2.78. The fourth-order valence-corrected chi connectivity index (χ4v) is 2.48. The summed E-state index contributed by atoms with van der Waals surface area (Å²) in [4.78, 5) is 16.6. The largest absolute Gasteiger partial charge is 0.461 e. The first kappa shape index (κ1) is 14.5. The van der Waals surface area contributed by atoms with E-state index in [4.69, 9.17) is 4.74 Å². The van der Waals surface area contributed by atoms with Gasteiger partial charge in [0, 0.05) is 11.4 Å². The van der Waals surface area contributed by atoms with Gasteiger partial charge in [0.15, 0.2) is 10.8 Å². The van der Waals surface area contributed by atoms with Crippen molar-refractivity contribution in [3.63, 3.8) is 0 Å². The smallest absolute Gasteiger partial charge is 0.358 e. The topological polar surface area (TPSA) is 51.2 Å². The zero-order chi connectivity index (χ0) is 14.5. The van der Waals surface area contributed by atoms with E-state index in [9.17, 15) is 9.18 Å². The molecule has 0 saturated carbocycles. The lowest BCUT2D eigenvalue weighted by molar-refractivity contribution is 0.0519. The molecule has 0 fully saturated rings.